The average Bonchev–Trinajstić information content (AvgIpc) is 2.38. The highest BCUT2D eigenvalue weighted by atomic mass is 32.2. The van der Waals surface area contributed by atoms with Crippen LogP contribution in [0.4, 0.5) is 0 Å². The molecule has 0 saturated carbocycles. The SMILES string of the molecule is CC[Si](CC)(CC)O[C@@H](C=O)CC#CSC(C)C. The summed E-state index contributed by atoms with van der Waals surface area (Å²) in [5.74, 6) is 3.04. The first kappa shape index (κ1) is 17.8. The van der Waals surface area contributed by atoms with Crippen molar-refractivity contribution >= 4 is 26.4 Å². The normalized spacial score (nSPS) is 13.0. The van der Waals surface area contributed by atoms with Gasteiger partial charge in [-0.2, -0.15) is 0 Å². The van der Waals surface area contributed by atoms with Gasteiger partial charge in [0.1, 0.15) is 12.4 Å². The molecule has 0 aromatic heterocycles. The van der Waals surface area contributed by atoms with Crippen molar-refractivity contribution in [3.63, 3.8) is 0 Å². The molecule has 0 aliphatic heterocycles. The van der Waals surface area contributed by atoms with E-state index in [9.17, 15) is 4.79 Å². The van der Waals surface area contributed by atoms with Crippen molar-refractivity contribution in [3.05, 3.63) is 0 Å². The second-order valence-electron chi connectivity index (χ2n) is 4.69. The summed E-state index contributed by atoms with van der Waals surface area (Å²) < 4.78 is 6.10. The molecular weight excluding hydrogens is 260 g/mol. The van der Waals surface area contributed by atoms with Crippen LogP contribution in [-0.2, 0) is 9.22 Å². The van der Waals surface area contributed by atoms with Gasteiger partial charge in [0.25, 0.3) is 0 Å². The molecule has 0 N–H and O–H groups in total. The van der Waals surface area contributed by atoms with Crippen molar-refractivity contribution in [2.75, 3.05) is 0 Å². The van der Waals surface area contributed by atoms with Crippen LogP contribution in [0.2, 0.25) is 18.1 Å². The minimum Gasteiger partial charge on any atom is -0.406 e. The molecule has 104 valence electrons. The predicted molar refractivity (Wildman–Crippen MR) is 83.3 cm³/mol. The first-order chi connectivity index (χ1) is 8.53. The van der Waals surface area contributed by atoms with Crippen LogP contribution in [0.15, 0.2) is 0 Å². The fourth-order valence-electron chi connectivity index (χ4n) is 1.74. The second-order valence-corrected chi connectivity index (χ2v) is 10.8. The summed E-state index contributed by atoms with van der Waals surface area (Å²) in [6.07, 6.45) is 1.10. The van der Waals surface area contributed by atoms with E-state index < -0.39 is 8.32 Å². The lowest BCUT2D eigenvalue weighted by molar-refractivity contribution is -0.113. The third-order valence-electron chi connectivity index (χ3n) is 3.16. The van der Waals surface area contributed by atoms with E-state index >= 15 is 0 Å². The van der Waals surface area contributed by atoms with Crippen LogP contribution in [0.1, 0.15) is 41.0 Å². The van der Waals surface area contributed by atoms with Gasteiger partial charge in [-0.05, 0) is 23.4 Å². The van der Waals surface area contributed by atoms with Crippen molar-refractivity contribution < 1.29 is 9.22 Å². The Kier molecular flexibility index (Phi) is 9.53. The van der Waals surface area contributed by atoms with E-state index in [2.05, 4.69) is 45.8 Å². The van der Waals surface area contributed by atoms with Crippen LogP contribution in [0.25, 0.3) is 0 Å². The Balaban J connectivity index is 4.40. The molecular formula is C14H26O2SSi. The number of carbonyl (C=O) groups is 1. The molecule has 4 heteroatoms. The fraction of sp³-hybridized carbons (Fsp3) is 0.786. The van der Waals surface area contributed by atoms with Gasteiger partial charge in [-0.25, -0.2) is 0 Å². The topological polar surface area (TPSA) is 26.3 Å². The summed E-state index contributed by atoms with van der Waals surface area (Å²) in [4.78, 5) is 11.1. The molecule has 18 heavy (non-hydrogen) atoms. The van der Waals surface area contributed by atoms with Gasteiger partial charge >= 0.3 is 0 Å². The van der Waals surface area contributed by atoms with Crippen LogP contribution in [0.3, 0.4) is 0 Å². The lowest BCUT2D eigenvalue weighted by atomic mass is 10.3. The van der Waals surface area contributed by atoms with E-state index in [-0.39, 0.29) is 6.10 Å². The minimum atomic E-state index is -1.69. The zero-order chi connectivity index (χ0) is 14.0. The summed E-state index contributed by atoms with van der Waals surface area (Å²) in [6.45, 7) is 10.7. The zero-order valence-corrected chi connectivity index (χ0v) is 14.1. The molecule has 0 aromatic carbocycles. The van der Waals surface area contributed by atoms with Crippen LogP contribution < -0.4 is 0 Å². The predicted octanol–water partition coefficient (Wildman–Crippen LogP) is 4.07. The van der Waals surface area contributed by atoms with Crippen LogP contribution in [-0.4, -0.2) is 26.0 Å². The Bertz CT molecular complexity index is 282. The maximum atomic E-state index is 11.1. The van der Waals surface area contributed by atoms with Gasteiger partial charge in [-0.3, -0.25) is 0 Å². The molecule has 0 saturated heterocycles. The van der Waals surface area contributed by atoms with Gasteiger partial charge in [-0.15, -0.1) is 0 Å². The quantitative estimate of drug-likeness (QED) is 0.382. The van der Waals surface area contributed by atoms with E-state index in [1.807, 2.05) is 0 Å². The lowest BCUT2D eigenvalue weighted by Gasteiger charge is -2.30. The first-order valence-corrected chi connectivity index (χ1v) is 10.2. The van der Waals surface area contributed by atoms with Crippen LogP contribution in [0.5, 0.6) is 0 Å². The lowest BCUT2D eigenvalue weighted by Crippen LogP contribution is -2.40. The summed E-state index contributed by atoms with van der Waals surface area (Å²) in [7, 11) is -1.69. The molecule has 0 unspecified atom stereocenters. The summed E-state index contributed by atoms with van der Waals surface area (Å²) >= 11 is 1.60. The molecule has 0 heterocycles. The summed E-state index contributed by atoms with van der Waals surface area (Å²) in [5.41, 5.74) is 0. The van der Waals surface area contributed by atoms with Crippen LogP contribution >= 0.6 is 11.8 Å². The Morgan fingerprint density at radius 3 is 2.17 bits per heavy atom. The third kappa shape index (κ3) is 6.63. The van der Waals surface area contributed by atoms with Crippen LogP contribution in [0, 0.1) is 11.2 Å². The number of hydrogen-bond acceptors (Lipinski definition) is 3. The number of carbonyl (C=O) groups excluding carboxylic acids is 1. The molecule has 0 fully saturated rings. The van der Waals surface area contributed by atoms with E-state index in [1.54, 1.807) is 11.8 Å². The Hall–Kier alpha value is -0.243. The highest BCUT2D eigenvalue weighted by Crippen LogP contribution is 2.23. The molecule has 0 bridgehead atoms. The van der Waals surface area contributed by atoms with Crippen molar-refractivity contribution in [1.82, 2.24) is 0 Å². The summed E-state index contributed by atoms with van der Waals surface area (Å²) in [6, 6.07) is 3.20. The van der Waals surface area contributed by atoms with Gasteiger partial charge in [0.15, 0.2) is 8.32 Å². The van der Waals surface area contributed by atoms with Gasteiger partial charge in [-0.1, -0.05) is 52.3 Å². The van der Waals surface area contributed by atoms with Gasteiger partial charge in [0.2, 0.25) is 0 Å². The summed E-state index contributed by atoms with van der Waals surface area (Å²) in [5, 5.41) is 3.54. The molecule has 0 aromatic rings. The maximum Gasteiger partial charge on any atom is 0.193 e. The third-order valence-corrected chi connectivity index (χ3v) is 8.56. The van der Waals surface area contributed by atoms with E-state index in [0.29, 0.717) is 11.7 Å². The minimum absolute atomic E-state index is 0.336. The maximum absolute atomic E-state index is 11.1. The standard InChI is InChI=1S/C14H26O2SSi/c1-6-18(7-2,8-3)16-14(12-15)10-9-11-17-13(4)5/h12-14H,6-8,10H2,1-5H3/t14-/m1/s1. The highest BCUT2D eigenvalue weighted by molar-refractivity contribution is 8.04. The van der Waals surface area contributed by atoms with Crippen molar-refractivity contribution in [1.29, 1.82) is 0 Å². The van der Waals surface area contributed by atoms with E-state index in [4.69, 9.17) is 4.43 Å². The second kappa shape index (κ2) is 9.66. The van der Waals surface area contributed by atoms with E-state index in [0.717, 1.165) is 24.4 Å². The molecule has 2 nitrogen and oxygen atoms in total. The highest BCUT2D eigenvalue weighted by Gasteiger charge is 2.31. The van der Waals surface area contributed by atoms with Crippen molar-refractivity contribution in [3.8, 4) is 11.2 Å². The Labute approximate surface area is 117 Å². The largest absolute Gasteiger partial charge is 0.406 e. The average molecular weight is 287 g/mol. The van der Waals surface area contributed by atoms with Crippen molar-refractivity contribution in [2.24, 2.45) is 0 Å². The molecule has 0 amide bonds. The van der Waals surface area contributed by atoms with E-state index in [1.165, 1.54) is 0 Å². The number of thioether (sulfide) groups is 1. The van der Waals surface area contributed by atoms with Gasteiger partial charge in [0, 0.05) is 11.7 Å². The monoisotopic (exact) mass is 286 g/mol. The molecule has 0 spiro atoms. The first-order valence-electron chi connectivity index (χ1n) is 6.80. The van der Waals surface area contributed by atoms with Gasteiger partial charge in [0.05, 0.1) is 0 Å². The Morgan fingerprint density at radius 1 is 1.22 bits per heavy atom. The molecule has 0 rings (SSSR count). The number of aldehydes is 1. The molecule has 0 aliphatic rings. The number of hydrogen-bond donors (Lipinski definition) is 0. The molecule has 0 aliphatic carbocycles. The van der Waals surface area contributed by atoms with Gasteiger partial charge < -0.3 is 9.22 Å². The fourth-order valence-corrected chi connectivity index (χ4v) is 4.92. The zero-order valence-electron chi connectivity index (χ0n) is 12.3. The van der Waals surface area contributed by atoms with Crippen molar-refractivity contribution in [2.45, 2.75) is 70.5 Å². The number of rotatable bonds is 8. The smallest absolute Gasteiger partial charge is 0.193 e. The Morgan fingerprint density at radius 2 is 1.78 bits per heavy atom. The molecule has 0 radical (unpaired) electrons. The molecule has 1 atom stereocenters.